The van der Waals surface area contributed by atoms with Crippen LogP contribution in [0.3, 0.4) is 0 Å². The third-order valence-electron chi connectivity index (χ3n) is 5.11. The number of carbonyl (C=O) groups is 1. The molecule has 1 aliphatic heterocycles. The maximum atomic E-state index is 12.3. The smallest absolute Gasteiger partial charge is 0.292 e. The molecule has 8 heteroatoms. The van der Waals surface area contributed by atoms with Gasteiger partial charge in [-0.3, -0.25) is 9.69 Å². The van der Waals surface area contributed by atoms with Crippen LogP contribution >= 0.6 is 23.7 Å². The third-order valence-corrected chi connectivity index (χ3v) is 5.79. The van der Waals surface area contributed by atoms with Crippen molar-refractivity contribution in [2.75, 3.05) is 26.2 Å². The molecular formula is C21H20ClN3O3S. The number of nitrogens with zero attached hydrogens (tertiary/aromatic N) is 3. The van der Waals surface area contributed by atoms with E-state index in [4.69, 9.17) is 8.94 Å². The van der Waals surface area contributed by atoms with Crippen LogP contribution < -0.4 is 0 Å². The lowest BCUT2D eigenvalue weighted by Gasteiger charge is -2.33. The molecule has 0 saturated carbocycles. The number of furan rings is 1. The molecule has 1 fully saturated rings. The summed E-state index contributed by atoms with van der Waals surface area (Å²) in [6.45, 7) is 3.69. The number of hydrogen-bond donors (Lipinski definition) is 0. The van der Waals surface area contributed by atoms with E-state index >= 15 is 0 Å². The summed E-state index contributed by atoms with van der Waals surface area (Å²) in [4.78, 5) is 16.4. The molecule has 3 aromatic heterocycles. The number of hydrogen-bond acceptors (Lipinski definition) is 6. The molecule has 1 aliphatic rings. The zero-order valence-corrected chi connectivity index (χ0v) is 17.2. The number of fused-ring (bicyclic) bond motifs is 1. The van der Waals surface area contributed by atoms with Gasteiger partial charge in [-0.25, -0.2) is 0 Å². The topological polar surface area (TPSA) is 62.7 Å². The number of halogens is 1. The first kappa shape index (κ1) is 19.7. The van der Waals surface area contributed by atoms with Gasteiger partial charge in [-0.05, 0) is 46.2 Å². The van der Waals surface area contributed by atoms with E-state index in [0.29, 0.717) is 18.8 Å². The number of amides is 1. The molecule has 0 aliphatic carbocycles. The van der Waals surface area contributed by atoms with E-state index in [1.54, 1.807) is 17.4 Å². The average Bonchev–Trinajstić information content (AvgIpc) is 3.48. The first-order valence-corrected chi connectivity index (χ1v) is 10.2. The summed E-state index contributed by atoms with van der Waals surface area (Å²) in [5, 5.41) is 8.98. The molecule has 5 rings (SSSR count). The fraction of sp³-hybridized carbons (Fsp3) is 0.238. The van der Waals surface area contributed by atoms with Crippen molar-refractivity contribution in [3.8, 4) is 11.1 Å². The minimum absolute atomic E-state index is 0. The van der Waals surface area contributed by atoms with Crippen LogP contribution in [0.2, 0.25) is 0 Å². The van der Waals surface area contributed by atoms with E-state index < -0.39 is 0 Å². The van der Waals surface area contributed by atoms with Crippen molar-refractivity contribution in [1.29, 1.82) is 0 Å². The standard InChI is InChI=1S/C21H19N3O3S.ClH/c25-21(20-3-5-22-27-20)24-8-6-23(7-9-24)13-18-12-17-11-15(1-2-19(17)26-18)16-4-10-28-14-16;/h1-5,10-12,14H,6-9,13H2;1H. The maximum absolute atomic E-state index is 12.3. The quantitative estimate of drug-likeness (QED) is 0.477. The number of benzene rings is 1. The Morgan fingerprint density at radius 2 is 1.93 bits per heavy atom. The Morgan fingerprint density at radius 3 is 2.66 bits per heavy atom. The van der Waals surface area contributed by atoms with Crippen molar-refractivity contribution in [2.45, 2.75) is 6.54 Å². The van der Waals surface area contributed by atoms with Crippen LogP contribution in [0, 0.1) is 0 Å². The molecule has 0 spiro atoms. The lowest BCUT2D eigenvalue weighted by atomic mass is 10.1. The predicted octanol–water partition coefficient (Wildman–Crippen LogP) is 4.53. The van der Waals surface area contributed by atoms with Crippen molar-refractivity contribution in [3.05, 3.63) is 64.9 Å². The molecule has 0 N–H and O–H groups in total. The Morgan fingerprint density at radius 1 is 1.07 bits per heavy atom. The highest BCUT2D eigenvalue weighted by molar-refractivity contribution is 7.08. The molecule has 6 nitrogen and oxygen atoms in total. The molecular weight excluding hydrogens is 410 g/mol. The Hall–Kier alpha value is -2.61. The summed E-state index contributed by atoms with van der Waals surface area (Å²) in [6, 6.07) is 12.2. The van der Waals surface area contributed by atoms with Crippen LogP contribution in [0.5, 0.6) is 0 Å². The van der Waals surface area contributed by atoms with Crippen molar-refractivity contribution in [3.63, 3.8) is 0 Å². The van der Waals surface area contributed by atoms with Crippen molar-refractivity contribution >= 4 is 40.6 Å². The van der Waals surface area contributed by atoms with Gasteiger partial charge in [-0.1, -0.05) is 11.2 Å². The lowest BCUT2D eigenvalue weighted by Crippen LogP contribution is -2.48. The molecule has 29 heavy (non-hydrogen) atoms. The lowest BCUT2D eigenvalue weighted by molar-refractivity contribution is 0.0581. The van der Waals surface area contributed by atoms with Gasteiger partial charge in [0.1, 0.15) is 11.3 Å². The first-order chi connectivity index (χ1) is 13.8. The molecule has 1 amide bonds. The number of piperazine rings is 1. The highest BCUT2D eigenvalue weighted by atomic mass is 35.5. The summed E-state index contributed by atoms with van der Waals surface area (Å²) >= 11 is 1.70. The molecule has 0 radical (unpaired) electrons. The fourth-order valence-corrected chi connectivity index (χ4v) is 4.26. The predicted molar refractivity (Wildman–Crippen MR) is 114 cm³/mol. The zero-order valence-electron chi connectivity index (χ0n) is 15.6. The van der Waals surface area contributed by atoms with Gasteiger partial charge < -0.3 is 13.8 Å². The summed E-state index contributed by atoms with van der Waals surface area (Å²) in [5.74, 6) is 1.15. The number of rotatable bonds is 4. The van der Waals surface area contributed by atoms with Crippen LogP contribution in [0.15, 0.2) is 62.3 Å². The molecule has 0 bridgehead atoms. The maximum Gasteiger partial charge on any atom is 0.292 e. The largest absolute Gasteiger partial charge is 0.460 e. The second kappa shape index (κ2) is 8.41. The van der Waals surface area contributed by atoms with Crippen molar-refractivity contribution in [2.24, 2.45) is 0 Å². The van der Waals surface area contributed by atoms with Crippen LogP contribution in [0.4, 0.5) is 0 Å². The Bertz CT molecular complexity index is 1080. The molecule has 150 valence electrons. The van der Waals surface area contributed by atoms with E-state index in [9.17, 15) is 4.79 Å². The van der Waals surface area contributed by atoms with Crippen molar-refractivity contribution in [1.82, 2.24) is 15.0 Å². The van der Waals surface area contributed by atoms with Gasteiger partial charge in [0, 0.05) is 37.6 Å². The van der Waals surface area contributed by atoms with E-state index in [1.807, 2.05) is 11.0 Å². The highest BCUT2D eigenvalue weighted by Gasteiger charge is 2.24. The van der Waals surface area contributed by atoms with Gasteiger partial charge in [-0.2, -0.15) is 11.3 Å². The summed E-state index contributed by atoms with van der Waals surface area (Å²) in [5.41, 5.74) is 3.36. The highest BCUT2D eigenvalue weighted by Crippen LogP contribution is 2.28. The third kappa shape index (κ3) is 4.07. The van der Waals surface area contributed by atoms with Gasteiger partial charge in [0.15, 0.2) is 0 Å². The van der Waals surface area contributed by atoms with Crippen LogP contribution in [-0.2, 0) is 6.54 Å². The van der Waals surface area contributed by atoms with E-state index in [0.717, 1.165) is 36.4 Å². The first-order valence-electron chi connectivity index (χ1n) is 9.24. The summed E-state index contributed by atoms with van der Waals surface area (Å²) < 4.78 is 11.0. The monoisotopic (exact) mass is 429 g/mol. The molecule has 0 unspecified atom stereocenters. The second-order valence-electron chi connectivity index (χ2n) is 6.92. The van der Waals surface area contributed by atoms with Crippen molar-refractivity contribution < 1.29 is 13.7 Å². The minimum Gasteiger partial charge on any atom is -0.460 e. The number of aromatic nitrogens is 1. The van der Waals surface area contributed by atoms with Gasteiger partial charge in [-0.15, -0.1) is 12.4 Å². The molecule has 1 aromatic carbocycles. The number of carbonyl (C=O) groups excluding carboxylic acids is 1. The second-order valence-corrected chi connectivity index (χ2v) is 7.70. The van der Waals surface area contributed by atoms with Crippen LogP contribution in [-0.4, -0.2) is 47.0 Å². The van der Waals surface area contributed by atoms with E-state index in [2.05, 4.69) is 45.1 Å². The Labute approximate surface area is 178 Å². The summed E-state index contributed by atoms with van der Waals surface area (Å²) in [6.07, 6.45) is 1.49. The Kier molecular flexibility index (Phi) is 5.71. The van der Waals surface area contributed by atoms with Gasteiger partial charge >= 0.3 is 0 Å². The number of thiophene rings is 1. The van der Waals surface area contributed by atoms with E-state index in [-0.39, 0.29) is 18.3 Å². The van der Waals surface area contributed by atoms with Gasteiger partial charge in [0.2, 0.25) is 5.76 Å². The molecule has 0 atom stereocenters. The Balaban J connectivity index is 0.00000205. The van der Waals surface area contributed by atoms with Crippen LogP contribution in [0.1, 0.15) is 16.3 Å². The SMILES string of the molecule is Cl.O=C(c1ccno1)N1CCN(Cc2cc3cc(-c4ccsc4)ccc3o2)CC1. The average molecular weight is 430 g/mol. The van der Waals surface area contributed by atoms with Gasteiger partial charge in [0.25, 0.3) is 5.91 Å². The minimum atomic E-state index is -0.0955. The molecule has 4 aromatic rings. The fourth-order valence-electron chi connectivity index (χ4n) is 3.60. The normalized spacial score (nSPS) is 14.8. The van der Waals surface area contributed by atoms with Gasteiger partial charge in [0.05, 0.1) is 12.7 Å². The molecule has 4 heterocycles. The summed E-state index contributed by atoms with van der Waals surface area (Å²) in [7, 11) is 0. The zero-order chi connectivity index (χ0) is 18.9. The van der Waals surface area contributed by atoms with E-state index in [1.165, 1.54) is 17.3 Å². The van der Waals surface area contributed by atoms with Crippen LogP contribution in [0.25, 0.3) is 22.1 Å². The molecule has 1 saturated heterocycles.